The zero-order chi connectivity index (χ0) is 13.7. The number of carboxylic acids is 2. The van der Waals surface area contributed by atoms with Crippen molar-refractivity contribution in [1.82, 2.24) is 0 Å². The van der Waals surface area contributed by atoms with Crippen molar-refractivity contribution in [2.45, 2.75) is 25.9 Å². The maximum absolute atomic E-state index is 11.0. The summed E-state index contributed by atoms with van der Waals surface area (Å²) in [5.41, 5.74) is -0.221. The number of hydrogen-bond donors (Lipinski definition) is 2. The molecule has 0 heterocycles. The molecule has 0 fully saturated rings. The summed E-state index contributed by atoms with van der Waals surface area (Å²) in [6.45, 7) is 1.81. The molecule has 1 aromatic rings. The highest BCUT2D eigenvalue weighted by Crippen LogP contribution is 2.27. The highest BCUT2D eigenvalue weighted by atomic mass is 35.5. The van der Waals surface area contributed by atoms with E-state index in [2.05, 4.69) is 0 Å². The first-order valence-electron chi connectivity index (χ1n) is 5.38. The molecule has 0 bridgehead atoms. The van der Waals surface area contributed by atoms with E-state index in [1.165, 1.54) is 18.2 Å². The summed E-state index contributed by atoms with van der Waals surface area (Å²) < 4.78 is 5.22. The number of carboxylic acid groups (broad SMARTS) is 2. The van der Waals surface area contributed by atoms with Crippen LogP contribution in [0.25, 0.3) is 0 Å². The quantitative estimate of drug-likeness (QED) is 0.832. The topological polar surface area (TPSA) is 83.8 Å². The molecule has 98 valence electrons. The highest BCUT2D eigenvalue weighted by molar-refractivity contribution is 6.33. The Morgan fingerprint density at radius 1 is 1.39 bits per heavy atom. The van der Waals surface area contributed by atoms with Crippen molar-refractivity contribution in [1.29, 1.82) is 0 Å². The number of carbonyl (C=O) groups is 2. The Kier molecular flexibility index (Phi) is 4.97. The minimum absolute atomic E-state index is 0.0145. The third kappa shape index (κ3) is 3.37. The van der Waals surface area contributed by atoms with Crippen LogP contribution in [0.1, 0.15) is 30.1 Å². The van der Waals surface area contributed by atoms with E-state index in [1.54, 1.807) is 0 Å². The molecule has 1 atom stereocenters. The summed E-state index contributed by atoms with van der Waals surface area (Å²) >= 11 is 5.76. The molecule has 1 rings (SSSR count). The summed E-state index contributed by atoms with van der Waals surface area (Å²) in [7, 11) is 0. The fraction of sp³-hybridized carbons (Fsp3) is 0.333. The Morgan fingerprint density at radius 3 is 2.56 bits per heavy atom. The molecule has 1 unspecified atom stereocenters. The van der Waals surface area contributed by atoms with E-state index in [1.807, 2.05) is 6.92 Å². The number of benzene rings is 1. The van der Waals surface area contributed by atoms with E-state index in [4.69, 9.17) is 26.6 Å². The van der Waals surface area contributed by atoms with Gasteiger partial charge in [0, 0.05) is 0 Å². The van der Waals surface area contributed by atoms with Crippen LogP contribution in [-0.4, -0.2) is 28.3 Å². The minimum atomic E-state index is -1.25. The van der Waals surface area contributed by atoms with E-state index in [9.17, 15) is 9.59 Å². The number of ether oxygens (including phenoxy) is 1. The Labute approximate surface area is 109 Å². The van der Waals surface area contributed by atoms with Crippen molar-refractivity contribution in [2.75, 3.05) is 0 Å². The molecule has 1 aromatic carbocycles. The molecule has 0 aliphatic rings. The lowest BCUT2D eigenvalue weighted by atomic mass is 10.1. The zero-order valence-electron chi connectivity index (χ0n) is 9.72. The number of rotatable bonds is 6. The lowest BCUT2D eigenvalue weighted by Crippen LogP contribution is -2.27. The van der Waals surface area contributed by atoms with E-state index < -0.39 is 18.0 Å². The monoisotopic (exact) mass is 272 g/mol. The molecule has 0 amide bonds. The van der Waals surface area contributed by atoms with E-state index in [-0.39, 0.29) is 16.3 Å². The Hall–Kier alpha value is -1.75. The third-order valence-corrected chi connectivity index (χ3v) is 2.60. The standard InChI is InChI=1S/C12H13ClO5/c1-2-4-9(11(14)15)18-8-6-3-5-7(13)10(8)12(16)17/h3,5-6,9H,2,4H2,1H3,(H,14,15)(H,16,17). The van der Waals surface area contributed by atoms with Crippen molar-refractivity contribution >= 4 is 23.5 Å². The van der Waals surface area contributed by atoms with E-state index >= 15 is 0 Å². The highest BCUT2D eigenvalue weighted by Gasteiger charge is 2.22. The summed E-state index contributed by atoms with van der Waals surface area (Å²) in [6.07, 6.45) is -0.174. The van der Waals surface area contributed by atoms with Gasteiger partial charge in [-0.15, -0.1) is 0 Å². The molecular weight excluding hydrogens is 260 g/mol. The first-order valence-corrected chi connectivity index (χ1v) is 5.76. The average Bonchev–Trinajstić information content (AvgIpc) is 2.27. The van der Waals surface area contributed by atoms with Gasteiger partial charge in [-0.3, -0.25) is 0 Å². The first kappa shape index (κ1) is 14.3. The minimum Gasteiger partial charge on any atom is -0.479 e. The van der Waals surface area contributed by atoms with Crippen LogP contribution in [0.2, 0.25) is 5.02 Å². The van der Waals surface area contributed by atoms with Gasteiger partial charge in [0.1, 0.15) is 11.3 Å². The smallest absolute Gasteiger partial charge is 0.344 e. The lowest BCUT2D eigenvalue weighted by Gasteiger charge is -2.16. The normalized spacial score (nSPS) is 11.9. The van der Waals surface area contributed by atoms with Gasteiger partial charge in [0.15, 0.2) is 6.10 Å². The molecule has 0 radical (unpaired) electrons. The van der Waals surface area contributed by atoms with Gasteiger partial charge in [-0.1, -0.05) is 31.0 Å². The number of aromatic carboxylic acids is 1. The van der Waals surface area contributed by atoms with Crippen LogP contribution in [0.5, 0.6) is 5.75 Å². The fourth-order valence-corrected chi connectivity index (χ4v) is 1.71. The Morgan fingerprint density at radius 2 is 2.06 bits per heavy atom. The largest absolute Gasteiger partial charge is 0.479 e. The van der Waals surface area contributed by atoms with Crippen LogP contribution < -0.4 is 4.74 Å². The van der Waals surface area contributed by atoms with Gasteiger partial charge in [-0.05, 0) is 18.6 Å². The number of halogens is 1. The van der Waals surface area contributed by atoms with Crippen LogP contribution in [0.4, 0.5) is 0 Å². The van der Waals surface area contributed by atoms with Crippen LogP contribution >= 0.6 is 11.6 Å². The summed E-state index contributed by atoms with van der Waals surface area (Å²) in [6, 6.07) is 4.31. The molecule has 0 saturated heterocycles. The lowest BCUT2D eigenvalue weighted by molar-refractivity contribution is -0.145. The van der Waals surface area contributed by atoms with Gasteiger partial charge in [0.05, 0.1) is 5.02 Å². The van der Waals surface area contributed by atoms with Crippen LogP contribution in [0.3, 0.4) is 0 Å². The Balaban J connectivity index is 3.06. The van der Waals surface area contributed by atoms with Gasteiger partial charge in [0.2, 0.25) is 0 Å². The first-order chi connectivity index (χ1) is 8.47. The van der Waals surface area contributed by atoms with Gasteiger partial charge in [-0.25, -0.2) is 9.59 Å². The molecule has 6 heteroatoms. The Bertz CT molecular complexity index is 458. The number of aliphatic carboxylic acids is 1. The van der Waals surface area contributed by atoms with Crippen LogP contribution in [-0.2, 0) is 4.79 Å². The molecule has 0 aliphatic heterocycles. The predicted molar refractivity (Wildman–Crippen MR) is 65.4 cm³/mol. The van der Waals surface area contributed by atoms with Crippen molar-refractivity contribution < 1.29 is 24.5 Å². The van der Waals surface area contributed by atoms with Crippen molar-refractivity contribution in [3.05, 3.63) is 28.8 Å². The molecule has 0 aliphatic carbocycles. The zero-order valence-corrected chi connectivity index (χ0v) is 10.5. The van der Waals surface area contributed by atoms with Gasteiger partial charge in [0.25, 0.3) is 0 Å². The molecule has 5 nitrogen and oxygen atoms in total. The fourth-order valence-electron chi connectivity index (χ4n) is 1.46. The second kappa shape index (κ2) is 6.26. The van der Waals surface area contributed by atoms with Crippen molar-refractivity contribution in [3.8, 4) is 5.75 Å². The maximum atomic E-state index is 11.0. The van der Waals surface area contributed by atoms with Gasteiger partial charge >= 0.3 is 11.9 Å². The summed E-state index contributed by atoms with van der Waals surface area (Å²) in [5.74, 6) is -2.42. The van der Waals surface area contributed by atoms with Crippen LogP contribution in [0.15, 0.2) is 18.2 Å². The second-order valence-electron chi connectivity index (χ2n) is 3.65. The van der Waals surface area contributed by atoms with Crippen molar-refractivity contribution in [3.63, 3.8) is 0 Å². The summed E-state index contributed by atoms with van der Waals surface area (Å²) in [4.78, 5) is 22.0. The average molecular weight is 273 g/mol. The summed E-state index contributed by atoms with van der Waals surface area (Å²) in [5, 5.41) is 18.0. The van der Waals surface area contributed by atoms with Gasteiger partial charge < -0.3 is 14.9 Å². The molecule has 0 saturated carbocycles. The maximum Gasteiger partial charge on any atom is 0.344 e. The third-order valence-electron chi connectivity index (χ3n) is 2.28. The molecule has 18 heavy (non-hydrogen) atoms. The predicted octanol–water partition coefficient (Wildman–Crippen LogP) is 2.67. The SMILES string of the molecule is CCCC(Oc1cccc(Cl)c1C(=O)O)C(=O)O. The molecular formula is C12H13ClO5. The molecule has 0 aromatic heterocycles. The molecule has 2 N–H and O–H groups in total. The number of hydrogen-bond acceptors (Lipinski definition) is 3. The van der Waals surface area contributed by atoms with Crippen LogP contribution in [0, 0.1) is 0 Å². The van der Waals surface area contributed by atoms with Crippen molar-refractivity contribution in [2.24, 2.45) is 0 Å². The second-order valence-corrected chi connectivity index (χ2v) is 4.06. The molecule has 0 spiro atoms. The van der Waals surface area contributed by atoms with Gasteiger partial charge in [-0.2, -0.15) is 0 Å². The van der Waals surface area contributed by atoms with E-state index in [0.29, 0.717) is 12.8 Å². The van der Waals surface area contributed by atoms with E-state index in [0.717, 1.165) is 0 Å².